The van der Waals surface area contributed by atoms with E-state index in [4.69, 9.17) is 19.8 Å². The fourth-order valence-corrected chi connectivity index (χ4v) is 9.75. The van der Waals surface area contributed by atoms with E-state index in [0.29, 0.717) is 0 Å². The van der Waals surface area contributed by atoms with Crippen molar-refractivity contribution in [3.63, 3.8) is 0 Å². The Morgan fingerprint density at radius 3 is 0.833 bits per heavy atom. The summed E-state index contributed by atoms with van der Waals surface area (Å²) in [6, 6.07) is 14.1. The summed E-state index contributed by atoms with van der Waals surface area (Å²) in [7, 11) is 0. The van der Waals surface area contributed by atoms with Crippen LogP contribution < -0.4 is 11.5 Å². The number of rotatable bonds is 46. The number of amides is 2. The molecule has 0 heterocycles. The molecule has 0 atom stereocenters. The van der Waals surface area contributed by atoms with Crippen molar-refractivity contribution in [1.82, 2.24) is 0 Å². The maximum atomic E-state index is 8.78. The molecule has 0 unspecified atom stereocenters. The molecule has 384 valence electrons. The van der Waals surface area contributed by atoms with Gasteiger partial charge in [0.05, 0.1) is 0 Å². The Hall–Kier alpha value is -2.76. The van der Waals surface area contributed by atoms with Crippen molar-refractivity contribution >= 4 is 23.0 Å². The molecule has 0 fully saturated rings. The smallest absolute Gasteiger partial charge is 0.402 e. The molecule has 0 aliphatic rings. The number of unbranched alkanes of at least 4 members (excludes halogenated alkanes) is 42. The van der Waals surface area contributed by atoms with Crippen molar-refractivity contribution in [2.24, 2.45) is 11.5 Å². The van der Waals surface area contributed by atoms with E-state index in [1.165, 1.54) is 306 Å². The summed E-state index contributed by atoms with van der Waals surface area (Å²) in [5.41, 5.74) is 11.4. The Kier molecular flexibility index (Phi) is 49.5. The summed E-state index contributed by atoms with van der Waals surface area (Å²) < 4.78 is 0. The van der Waals surface area contributed by atoms with Gasteiger partial charge < -0.3 is 21.7 Å². The minimum absolute atomic E-state index is 1.27. The third kappa shape index (κ3) is 46.4. The van der Waals surface area contributed by atoms with Gasteiger partial charge in [-0.15, -0.1) is 0 Å². The predicted molar refractivity (Wildman–Crippen MR) is 290 cm³/mol. The van der Waals surface area contributed by atoms with Gasteiger partial charge in [0, 0.05) is 0 Å². The highest BCUT2D eigenvalue weighted by Gasteiger charge is 2.08. The summed E-state index contributed by atoms with van der Waals surface area (Å²) in [5.74, 6) is 0. The molecule has 2 rings (SSSR count). The molecule has 0 radical (unpaired) electrons. The van der Waals surface area contributed by atoms with E-state index in [-0.39, 0.29) is 0 Å². The van der Waals surface area contributed by atoms with Crippen molar-refractivity contribution in [1.29, 1.82) is 0 Å². The number of hydrogen-bond donors (Lipinski definition) is 4. The van der Waals surface area contributed by atoms with Gasteiger partial charge in [0.25, 0.3) is 0 Å². The fourth-order valence-electron chi connectivity index (χ4n) is 9.75. The molecule has 0 aliphatic carbocycles. The zero-order valence-corrected chi connectivity index (χ0v) is 43.9. The molecule has 2 amide bonds. The lowest BCUT2D eigenvalue weighted by atomic mass is 9.91. The average Bonchev–Trinajstić information content (AvgIpc) is 3.29. The number of carboxylic acid groups (broad SMARTS) is 2. The van der Waals surface area contributed by atoms with E-state index in [0.717, 1.165) is 0 Å². The van der Waals surface area contributed by atoms with Gasteiger partial charge in [0.15, 0.2) is 0 Å². The lowest BCUT2D eigenvalue weighted by Crippen LogP contribution is -2.03. The SMILES string of the molecule is CCCCCCCCCCCCCCCCCCCCCCCCc1ccc2ccccc2c1CCCCCCCCCCCCCCCCCCCCCCCC.NC(=O)O.NC(=O)O. The van der Waals surface area contributed by atoms with Crippen LogP contribution >= 0.6 is 0 Å². The molecule has 6 nitrogen and oxygen atoms in total. The summed E-state index contributed by atoms with van der Waals surface area (Å²) in [5, 5.41) is 17.4. The number of carbonyl (C=O) groups is 2. The summed E-state index contributed by atoms with van der Waals surface area (Å²) in [6.45, 7) is 4.63. The van der Waals surface area contributed by atoms with Crippen LogP contribution in [0, 0.1) is 0 Å². The van der Waals surface area contributed by atoms with Gasteiger partial charge in [0.1, 0.15) is 0 Å². The first-order chi connectivity index (χ1) is 32.3. The van der Waals surface area contributed by atoms with Gasteiger partial charge in [-0.05, 0) is 47.6 Å². The lowest BCUT2D eigenvalue weighted by Gasteiger charge is -2.14. The minimum Gasteiger partial charge on any atom is -0.465 e. The van der Waals surface area contributed by atoms with Crippen LogP contribution in [0.25, 0.3) is 10.8 Å². The zero-order chi connectivity index (χ0) is 48.2. The monoisotopic (exact) mass is 923 g/mol. The summed E-state index contributed by atoms with van der Waals surface area (Å²) in [4.78, 5) is 17.6. The second kappa shape index (κ2) is 51.6. The first-order valence-electron chi connectivity index (χ1n) is 28.8. The maximum absolute atomic E-state index is 8.78. The number of aryl methyl sites for hydroxylation is 2. The molecule has 0 aromatic heterocycles. The van der Waals surface area contributed by atoms with E-state index < -0.39 is 12.2 Å². The largest absolute Gasteiger partial charge is 0.465 e. The van der Waals surface area contributed by atoms with Crippen molar-refractivity contribution in [3.8, 4) is 0 Å². The number of primary amides is 2. The molecule has 0 saturated carbocycles. The van der Waals surface area contributed by atoms with Crippen molar-refractivity contribution < 1.29 is 19.8 Å². The maximum Gasteiger partial charge on any atom is 0.402 e. The van der Waals surface area contributed by atoms with Gasteiger partial charge in [-0.2, -0.15) is 0 Å². The Morgan fingerprint density at radius 1 is 0.333 bits per heavy atom. The molecule has 0 saturated heterocycles. The fraction of sp³-hybridized carbons (Fsp3) is 0.800. The normalized spacial score (nSPS) is 11.0. The molecule has 2 aromatic rings. The van der Waals surface area contributed by atoms with Crippen molar-refractivity contribution in [2.75, 3.05) is 0 Å². The highest BCUT2D eigenvalue weighted by molar-refractivity contribution is 5.86. The molecular weight excluding hydrogens is 813 g/mol. The van der Waals surface area contributed by atoms with Gasteiger partial charge in [-0.25, -0.2) is 9.59 Å². The van der Waals surface area contributed by atoms with E-state index in [9.17, 15) is 0 Å². The minimum atomic E-state index is -1.33. The Bertz CT molecular complexity index is 1290. The lowest BCUT2D eigenvalue weighted by molar-refractivity contribution is 0.204. The first-order valence-corrected chi connectivity index (χ1v) is 28.8. The molecule has 0 aliphatic heterocycles. The van der Waals surface area contributed by atoms with Gasteiger partial charge in [-0.3, -0.25) is 0 Å². The van der Waals surface area contributed by atoms with E-state index >= 15 is 0 Å². The molecule has 0 bridgehead atoms. The molecule has 0 spiro atoms. The second-order valence-electron chi connectivity index (χ2n) is 20.0. The van der Waals surface area contributed by atoms with Crippen molar-refractivity contribution in [3.05, 3.63) is 47.5 Å². The molecular formula is C60H110N2O4. The molecule has 2 aromatic carbocycles. The highest BCUT2D eigenvalue weighted by Crippen LogP contribution is 2.27. The zero-order valence-electron chi connectivity index (χ0n) is 43.9. The standard InChI is InChI=1S/C58H104.2CH3NO2/c1-3-5-7-9-11-13-15-17-19-21-23-25-27-29-31-33-35-37-39-41-43-45-49-55-53-54-56-50-47-48-52-58(56)57(55)51-46-44-42-40-38-36-34-32-30-28-26-24-22-20-18-16-14-12-10-8-6-4-2;2*2-1(3)4/h47-48,50,52-54H,3-46,49,51H2,1-2H3;2*2H2,(H,3,4). The number of nitrogens with two attached hydrogens (primary N) is 2. The van der Waals surface area contributed by atoms with Crippen LogP contribution in [0.4, 0.5) is 9.59 Å². The Labute approximate surface area is 409 Å². The van der Waals surface area contributed by atoms with Crippen LogP contribution in [0.15, 0.2) is 36.4 Å². The van der Waals surface area contributed by atoms with E-state index in [1.54, 1.807) is 11.1 Å². The predicted octanol–water partition coefficient (Wildman–Crippen LogP) is 20.4. The van der Waals surface area contributed by atoms with Crippen LogP contribution in [0.3, 0.4) is 0 Å². The highest BCUT2D eigenvalue weighted by atomic mass is 16.4. The Balaban J connectivity index is 0.00000486. The molecule has 6 heteroatoms. The van der Waals surface area contributed by atoms with Gasteiger partial charge in [0.2, 0.25) is 0 Å². The van der Waals surface area contributed by atoms with Gasteiger partial charge >= 0.3 is 12.2 Å². The van der Waals surface area contributed by atoms with Crippen LogP contribution in [0.2, 0.25) is 0 Å². The van der Waals surface area contributed by atoms with Crippen LogP contribution in [0.5, 0.6) is 0 Å². The van der Waals surface area contributed by atoms with Crippen LogP contribution in [-0.2, 0) is 12.8 Å². The molecule has 66 heavy (non-hydrogen) atoms. The third-order valence-corrected chi connectivity index (χ3v) is 13.7. The topological polar surface area (TPSA) is 127 Å². The quantitative estimate of drug-likeness (QED) is 0.0493. The first kappa shape index (κ1) is 63.2. The summed E-state index contributed by atoms with van der Waals surface area (Å²) in [6.07, 6.45) is 64.0. The second-order valence-corrected chi connectivity index (χ2v) is 20.0. The van der Waals surface area contributed by atoms with Gasteiger partial charge in [-0.1, -0.05) is 320 Å². The number of fused-ring (bicyclic) bond motifs is 1. The van der Waals surface area contributed by atoms with E-state index in [1.807, 2.05) is 0 Å². The molecule has 6 N–H and O–H groups in total. The van der Waals surface area contributed by atoms with Crippen LogP contribution in [-0.4, -0.2) is 22.4 Å². The number of hydrogen-bond acceptors (Lipinski definition) is 2. The summed E-state index contributed by atoms with van der Waals surface area (Å²) >= 11 is 0. The van der Waals surface area contributed by atoms with Crippen LogP contribution in [0.1, 0.15) is 307 Å². The average molecular weight is 924 g/mol. The van der Waals surface area contributed by atoms with E-state index in [2.05, 4.69) is 61.7 Å². The third-order valence-electron chi connectivity index (χ3n) is 13.7. The number of benzene rings is 2. The Morgan fingerprint density at radius 2 is 0.561 bits per heavy atom. The van der Waals surface area contributed by atoms with Crippen molar-refractivity contribution in [2.45, 2.75) is 309 Å².